The maximum absolute atomic E-state index is 13.7. The summed E-state index contributed by atoms with van der Waals surface area (Å²) in [5.74, 6) is -1.67. The molecular weight excluding hydrogens is 432 g/mol. The van der Waals surface area contributed by atoms with Gasteiger partial charge in [0.1, 0.15) is 5.78 Å². The van der Waals surface area contributed by atoms with Crippen LogP contribution in [0.2, 0.25) is 0 Å². The third-order valence-electron chi connectivity index (χ3n) is 6.78. The molecule has 4 rings (SSSR count). The summed E-state index contributed by atoms with van der Waals surface area (Å²) in [6.45, 7) is 1.71. The summed E-state index contributed by atoms with van der Waals surface area (Å²) in [6, 6.07) is 37.3. The molecule has 4 aromatic carbocycles. The second-order valence-corrected chi connectivity index (χ2v) is 9.33. The van der Waals surface area contributed by atoms with Gasteiger partial charge in [0.15, 0.2) is 0 Å². The van der Waals surface area contributed by atoms with Crippen LogP contribution in [0.4, 0.5) is 0 Å². The summed E-state index contributed by atoms with van der Waals surface area (Å²) in [5.41, 5.74) is 3.73. The van der Waals surface area contributed by atoms with Crippen LogP contribution in [0.1, 0.15) is 23.6 Å². The van der Waals surface area contributed by atoms with E-state index in [9.17, 15) is 14.7 Å². The lowest BCUT2D eigenvalue weighted by Crippen LogP contribution is -2.43. The van der Waals surface area contributed by atoms with Crippen LogP contribution in [0.5, 0.6) is 0 Å². The SMILES string of the molecule is C[C@](Cc1ccccc1)(C(=O)O)C(Cc1ccccc1)C(=O)Cc1ccc(-c2ccccc2)cc1. The number of hydrogen-bond acceptors (Lipinski definition) is 2. The van der Waals surface area contributed by atoms with E-state index in [1.54, 1.807) is 6.92 Å². The highest BCUT2D eigenvalue weighted by atomic mass is 16.4. The number of carboxylic acid groups (broad SMARTS) is 1. The van der Waals surface area contributed by atoms with Gasteiger partial charge in [-0.3, -0.25) is 9.59 Å². The molecule has 1 unspecified atom stereocenters. The molecule has 0 radical (unpaired) electrons. The Labute approximate surface area is 207 Å². The third-order valence-corrected chi connectivity index (χ3v) is 6.78. The maximum atomic E-state index is 13.7. The topological polar surface area (TPSA) is 54.4 Å². The van der Waals surface area contributed by atoms with E-state index in [0.717, 1.165) is 27.8 Å². The van der Waals surface area contributed by atoms with Crippen molar-refractivity contribution in [2.45, 2.75) is 26.2 Å². The molecule has 0 saturated heterocycles. The van der Waals surface area contributed by atoms with Gasteiger partial charge in [0.05, 0.1) is 5.41 Å². The van der Waals surface area contributed by atoms with Gasteiger partial charge in [0, 0.05) is 12.3 Å². The van der Waals surface area contributed by atoms with Crippen molar-refractivity contribution in [3.8, 4) is 11.1 Å². The second-order valence-electron chi connectivity index (χ2n) is 9.33. The molecule has 0 heterocycles. The Morgan fingerprint density at radius 3 is 1.69 bits per heavy atom. The number of rotatable bonds is 10. The summed E-state index contributed by atoms with van der Waals surface area (Å²) in [5, 5.41) is 10.4. The standard InChI is InChI=1S/C32H30O3/c1-32(31(34)35,23-26-13-7-3-8-14-26)29(21-24-11-5-2-6-12-24)30(33)22-25-17-19-28(20-18-25)27-15-9-4-10-16-27/h2-20,29H,21-23H2,1H3,(H,34,35)/t29?,32-/m1/s1. The number of carbonyl (C=O) groups is 2. The molecule has 3 nitrogen and oxygen atoms in total. The molecule has 1 N–H and O–H groups in total. The number of carbonyl (C=O) groups excluding carboxylic acids is 1. The lowest BCUT2D eigenvalue weighted by molar-refractivity contribution is -0.154. The van der Waals surface area contributed by atoms with Crippen LogP contribution in [0, 0.1) is 11.3 Å². The summed E-state index contributed by atoms with van der Waals surface area (Å²) >= 11 is 0. The first-order valence-corrected chi connectivity index (χ1v) is 11.9. The molecule has 3 heteroatoms. The van der Waals surface area contributed by atoms with Crippen molar-refractivity contribution in [3.05, 3.63) is 132 Å². The molecule has 0 saturated carbocycles. The largest absolute Gasteiger partial charge is 0.481 e. The molecule has 35 heavy (non-hydrogen) atoms. The van der Waals surface area contributed by atoms with E-state index in [2.05, 4.69) is 12.1 Å². The van der Waals surface area contributed by atoms with Gasteiger partial charge in [-0.25, -0.2) is 0 Å². The molecule has 0 aliphatic carbocycles. The summed E-state index contributed by atoms with van der Waals surface area (Å²) in [4.78, 5) is 26.4. The van der Waals surface area contributed by atoms with Gasteiger partial charge in [-0.2, -0.15) is 0 Å². The zero-order valence-electron chi connectivity index (χ0n) is 19.9. The van der Waals surface area contributed by atoms with Crippen molar-refractivity contribution in [1.82, 2.24) is 0 Å². The molecule has 0 amide bonds. The lowest BCUT2D eigenvalue weighted by Gasteiger charge is -2.33. The number of hydrogen-bond donors (Lipinski definition) is 1. The minimum atomic E-state index is -1.24. The van der Waals surface area contributed by atoms with E-state index < -0.39 is 17.3 Å². The van der Waals surface area contributed by atoms with Gasteiger partial charge in [-0.15, -0.1) is 0 Å². The normalized spacial score (nSPS) is 13.5. The van der Waals surface area contributed by atoms with Crippen molar-refractivity contribution >= 4 is 11.8 Å². The molecule has 0 spiro atoms. The number of Topliss-reactive ketones (excluding diaryl/α,β-unsaturated/α-hetero) is 1. The Morgan fingerprint density at radius 1 is 0.657 bits per heavy atom. The van der Waals surface area contributed by atoms with Crippen molar-refractivity contribution in [1.29, 1.82) is 0 Å². The quantitative estimate of drug-likeness (QED) is 0.287. The Hall–Kier alpha value is -3.98. The average Bonchev–Trinajstić information content (AvgIpc) is 2.89. The average molecular weight is 463 g/mol. The van der Waals surface area contributed by atoms with Gasteiger partial charge < -0.3 is 5.11 Å². The smallest absolute Gasteiger partial charge is 0.310 e. The zero-order chi connectivity index (χ0) is 24.7. The van der Waals surface area contributed by atoms with E-state index in [1.165, 1.54) is 0 Å². The number of carboxylic acids is 1. The van der Waals surface area contributed by atoms with Gasteiger partial charge >= 0.3 is 5.97 Å². The minimum Gasteiger partial charge on any atom is -0.481 e. The Kier molecular flexibility index (Phi) is 7.57. The van der Waals surface area contributed by atoms with E-state index in [4.69, 9.17) is 0 Å². The first kappa shape index (κ1) is 24.2. The monoisotopic (exact) mass is 462 g/mol. The molecule has 0 bridgehead atoms. The van der Waals surface area contributed by atoms with E-state index >= 15 is 0 Å². The molecule has 2 atom stereocenters. The van der Waals surface area contributed by atoms with Gasteiger partial charge in [-0.1, -0.05) is 115 Å². The van der Waals surface area contributed by atoms with Crippen LogP contribution in [0.15, 0.2) is 115 Å². The molecular formula is C32H30O3. The van der Waals surface area contributed by atoms with Crippen LogP contribution < -0.4 is 0 Å². The Morgan fingerprint density at radius 2 is 1.14 bits per heavy atom. The first-order valence-electron chi connectivity index (χ1n) is 11.9. The lowest BCUT2D eigenvalue weighted by atomic mass is 9.67. The Bertz CT molecular complexity index is 1250. The van der Waals surface area contributed by atoms with Crippen LogP contribution in [-0.2, 0) is 28.9 Å². The second kappa shape index (κ2) is 11.0. The number of ketones is 1. The molecule has 4 aromatic rings. The molecule has 0 aromatic heterocycles. The molecule has 0 fully saturated rings. The van der Waals surface area contributed by atoms with Crippen molar-refractivity contribution < 1.29 is 14.7 Å². The molecule has 0 aliphatic heterocycles. The highest BCUT2D eigenvalue weighted by Crippen LogP contribution is 2.36. The number of aliphatic carboxylic acids is 1. The van der Waals surface area contributed by atoms with Crippen LogP contribution >= 0.6 is 0 Å². The minimum absolute atomic E-state index is 0.0536. The third kappa shape index (κ3) is 5.93. The van der Waals surface area contributed by atoms with Gasteiger partial charge in [0.25, 0.3) is 0 Å². The predicted octanol–water partition coefficient (Wildman–Crippen LogP) is 6.66. The summed E-state index contributed by atoms with van der Waals surface area (Å²) in [7, 11) is 0. The highest BCUT2D eigenvalue weighted by Gasteiger charge is 2.45. The van der Waals surface area contributed by atoms with Gasteiger partial charge in [-0.05, 0) is 47.6 Å². The first-order chi connectivity index (χ1) is 17.0. The molecule has 0 aliphatic rings. The van der Waals surface area contributed by atoms with Crippen LogP contribution in [0.25, 0.3) is 11.1 Å². The van der Waals surface area contributed by atoms with E-state index in [-0.39, 0.29) is 12.2 Å². The predicted molar refractivity (Wildman–Crippen MR) is 140 cm³/mol. The maximum Gasteiger partial charge on any atom is 0.310 e. The van der Waals surface area contributed by atoms with Crippen molar-refractivity contribution in [2.24, 2.45) is 11.3 Å². The number of benzene rings is 4. The van der Waals surface area contributed by atoms with Crippen molar-refractivity contribution in [2.75, 3.05) is 0 Å². The van der Waals surface area contributed by atoms with E-state index in [1.807, 2.05) is 103 Å². The van der Waals surface area contributed by atoms with Crippen LogP contribution in [0.3, 0.4) is 0 Å². The highest BCUT2D eigenvalue weighted by molar-refractivity contribution is 5.90. The van der Waals surface area contributed by atoms with Crippen molar-refractivity contribution in [3.63, 3.8) is 0 Å². The fourth-order valence-electron chi connectivity index (χ4n) is 4.68. The summed E-state index contributed by atoms with van der Waals surface area (Å²) in [6.07, 6.45) is 0.876. The summed E-state index contributed by atoms with van der Waals surface area (Å²) < 4.78 is 0. The van der Waals surface area contributed by atoms with Gasteiger partial charge in [0.2, 0.25) is 0 Å². The van der Waals surface area contributed by atoms with Crippen LogP contribution in [-0.4, -0.2) is 16.9 Å². The Balaban J connectivity index is 1.62. The fourth-order valence-corrected chi connectivity index (χ4v) is 4.68. The zero-order valence-corrected chi connectivity index (χ0v) is 19.9. The fraction of sp³-hybridized carbons (Fsp3) is 0.188. The molecule has 176 valence electrons. The van der Waals surface area contributed by atoms with E-state index in [0.29, 0.717) is 12.8 Å².